The highest BCUT2D eigenvalue weighted by molar-refractivity contribution is 6.30. The maximum Gasteiger partial charge on any atom is 0.224 e. The van der Waals surface area contributed by atoms with Crippen molar-refractivity contribution in [2.45, 2.75) is 32.2 Å². The number of fused-ring (bicyclic) bond motifs is 1. The number of carbonyl (C=O) groups is 2. The number of allylic oxidation sites excluding steroid dienone is 1. The van der Waals surface area contributed by atoms with Crippen LogP contribution in [0.5, 0.6) is 0 Å². The van der Waals surface area contributed by atoms with Crippen LogP contribution in [0.25, 0.3) is 0 Å². The summed E-state index contributed by atoms with van der Waals surface area (Å²) >= 11 is 6.06. The maximum atomic E-state index is 12.9. The van der Waals surface area contributed by atoms with Gasteiger partial charge in [-0.2, -0.15) is 0 Å². The first-order valence-corrected chi connectivity index (χ1v) is 9.11. The molecule has 132 valence electrons. The van der Waals surface area contributed by atoms with E-state index in [1.807, 2.05) is 36.4 Å². The van der Waals surface area contributed by atoms with Crippen LogP contribution in [-0.2, 0) is 9.59 Å². The molecule has 1 heterocycles. The van der Waals surface area contributed by atoms with Gasteiger partial charge in [0.2, 0.25) is 5.91 Å². The van der Waals surface area contributed by atoms with Crippen LogP contribution in [0.15, 0.2) is 59.8 Å². The number of hydrogen-bond donors (Lipinski definition) is 1. The number of hydrogen-bond acceptors (Lipinski definition) is 3. The predicted octanol–water partition coefficient (Wildman–Crippen LogP) is 4.87. The Morgan fingerprint density at radius 3 is 2.58 bits per heavy atom. The number of benzene rings is 2. The Balaban J connectivity index is 1.99. The first kappa shape index (κ1) is 16.9. The number of ketones is 1. The quantitative estimate of drug-likeness (QED) is 0.783. The van der Waals surface area contributed by atoms with Crippen LogP contribution in [-0.4, -0.2) is 11.7 Å². The summed E-state index contributed by atoms with van der Waals surface area (Å²) in [5, 5.41) is 4.05. The van der Waals surface area contributed by atoms with Crippen LogP contribution in [0.2, 0.25) is 5.02 Å². The van der Waals surface area contributed by atoms with E-state index >= 15 is 0 Å². The summed E-state index contributed by atoms with van der Waals surface area (Å²) in [5.41, 5.74) is 4.11. The second-order valence-electron chi connectivity index (χ2n) is 6.65. The van der Waals surface area contributed by atoms with Gasteiger partial charge in [-0.3, -0.25) is 14.5 Å². The van der Waals surface area contributed by atoms with Gasteiger partial charge < -0.3 is 5.32 Å². The van der Waals surface area contributed by atoms with Gasteiger partial charge >= 0.3 is 0 Å². The molecule has 0 radical (unpaired) electrons. The molecule has 0 bridgehead atoms. The van der Waals surface area contributed by atoms with Gasteiger partial charge in [0.1, 0.15) is 0 Å². The second kappa shape index (κ2) is 6.61. The molecule has 1 aliphatic carbocycles. The number of nitrogens with zero attached hydrogens (tertiary/aromatic N) is 1. The van der Waals surface area contributed by atoms with Crippen LogP contribution in [0, 0.1) is 0 Å². The first-order valence-electron chi connectivity index (χ1n) is 8.74. The fraction of sp³-hybridized carbons (Fsp3) is 0.238. The van der Waals surface area contributed by atoms with Crippen LogP contribution < -0.4 is 10.2 Å². The van der Waals surface area contributed by atoms with E-state index in [-0.39, 0.29) is 11.7 Å². The molecule has 1 atom stereocenters. The summed E-state index contributed by atoms with van der Waals surface area (Å²) < 4.78 is 0. The van der Waals surface area contributed by atoms with Crippen molar-refractivity contribution in [3.63, 3.8) is 0 Å². The van der Waals surface area contributed by atoms with Crippen molar-refractivity contribution in [1.29, 1.82) is 0 Å². The number of halogens is 1. The van der Waals surface area contributed by atoms with E-state index in [0.29, 0.717) is 17.0 Å². The molecule has 1 N–H and O–H groups in total. The highest BCUT2D eigenvalue weighted by Crippen LogP contribution is 2.44. The Bertz CT molecular complexity index is 918. The molecule has 2 aromatic rings. The number of para-hydroxylation sites is 2. The van der Waals surface area contributed by atoms with Crippen LogP contribution >= 0.6 is 11.6 Å². The zero-order valence-electron chi connectivity index (χ0n) is 14.5. The van der Waals surface area contributed by atoms with Gasteiger partial charge in [-0.15, -0.1) is 0 Å². The van der Waals surface area contributed by atoms with Crippen molar-refractivity contribution in [3.8, 4) is 0 Å². The van der Waals surface area contributed by atoms with Crippen LogP contribution in [0.4, 0.5) is 11.4 Å². The Hall–Kier alpha value is -2.59. The molecule has 5 heteroatoms. The number of rotatable bonds is 1. The normalized spacial score (nSPS) is 19.4. The average molecular weight is 367 g/mol. The summed E-state index contributed by atoms with van der Waals surface area (Å²) in [6.45, 7) is 1.54. The van der Waals surface area contributed by atoms with Crippen molar-refractivity contribution in [2.24, 2.45) is 0 Å². The van der Waals surface area contributed by atoms with E-state index in [4.69, 9.17) is 11.6 Å². The molecule has 0 saturated carbocycles. The molecule has 2 aliphatic rings. The van der Waals surface area contributed by atoms with Gasteiger partial charge in [0.15, 0.2) is 5.78 Å². The van der Waals surface area contributed by atoms with Crippen molar-refractivity contribution in [2.75, 3.05) is 10.2 Å². The summed E-state index contributed by atoms with van der Waals surface area (Å²) in [4.78, 5) is 27.3. The minimum atomic E-state index is -0.455. The van der Waals surface area contributed by atoms with Gasteiger partial charge in [0, 0.05) is 29.6 Å². The Morgan fingerprint density at radius 2 is 1.85 bits per heavy atom. The number of Topliss-reactive ketones (excluding diaryl/α,β-unsaturated/α-hetero) is 1. The van der Waals surface area contributed by atoms with Gasteiger partial charge in [-0.25, -0.2) is 0 Å². The lowest BCUT2D eigenvalue weighted by Crippen LogP contribution is -2.36. The third kappa shape index (κ3) is 2.80. The second-order valence-corrected chi connectivity index (χ2v) is 7.09. The Morgan fingerprint density at radius 1 is 1.12 bits per heavy atom. The summed E-state index contributed by atoms with van der Waals surface area (Å²) in [7, 11) is 0. The zero-order valence-corrected chi connectivity index (χ0v) is 15.2. The Kier molecular flexibility index (Phi) is 4.29. The summed E-state index contributed by atoms with van der Waals surface area (Å²) in [5.74, 6) is -0.0101. The molecule has 1 aliphatic heterocycles. The lowest BCUT2D eigenvalue weighted by atomic mass is 9.86. The van der Waals surface area contributed by atoms with E-state index in [2.05, 4.69) is 5.32 Å². The standard InChI is InChI=1S/C21H19ClN2O2/c1-13(25)24-18-7-3-2-5-16(18)23-17-6-4-8-19(26)20(17)21(24)14-9-11-15(22)12-10-14/h2-3,5,7,9-12,21,23H,4,6,8H2,1H3. The fourth-order valence-electron chi connectivity index (χ4n) is 3.84. The molecule has 1 amide bonds. The number of anilines is 2. The van der Waals surface area contributed by atoms with Gasteiger partial charge in [-0.05, 0) is 42.7 Å². The minimum absolute atomic E-state index is 0.0951. The van der Waals surface area contributed by atoms with Crippen molar-refractivity contribution in [1.82, 2.24) is 0 Å². The van der Waals surface area contributed by atoms with Gasteiger partial charge in [0.25, 0.3) is 0 Å². The van der Waals surface area contributed by atoms with E-state index < -0.39 is 6.04 Å². The van der Waals surface area contributed by atoms with E-state index in [1.54, 1.807) is 24.0 Å². The summed E-state index contributed by atoms with van der Waals surface area (Å²) in [6, 6.07) is 14.6. The molecule has 2 aromatic carbocycles. The minimum Gasteiger partial charge on any atom is -0.357 e. The smallest absolute Gasteiger partial charge is 0.224 e. The Labute approximate surface area is 157 Å². The van der Waals surface area contributed by atoms with Crippen molar-refractivity contribution >= 4 is 34.7 Å². The fourth-order valence-corrected chi connectivity index (χ4v) is 3.97. The highest BCUT2D eigenvalue weighted by Gasteiger charge is 2.38. The predicted molar refractivity (Wildman–Crippen MR) is 103 cm³/mol. The molecular formula is C21H19ClN2O2. The SMILES string of the molecule is CC(=O)N1c2ccccc2NC2=C(C(=O)CCC2)C1c1ccc(Cl)cc1. The van der Waals surface area contributed by atoms with Crippen LogP contribution in [0.3, 0.4) is 0 Å². The summed E-state index contributed by atoms with van der Waals surface area (Å²) in [6.07, 6.45) is 2.12. The average Bonchev–Trinajstić information content (AvgIpc) is 2.77. The molecule has 26 heavy (non-hydrogen) atoms. The molecule has 1 unspecified atom stereocenters. The lowest BCUT2D eigenvalue weighted by molar-refractivity contribution is -0.117. The molecule has 4 nitrogen and oxygen atoms in total. The zero-order chi connectivity index (χ0) is 18.3. The number of carbonyl (C=O) groups excluding carboxylic acids is 2. The molecule has 0 saturated heterocycles. The monoisotopic (exact) mass is 366 g/mol. The third-order valence-electron chi connectivity index (χ3n) is 4.96. The molecule has 0 spiro atoms. The topological polar surface area (TPSA) is 49.4 Å². The highest BCUT2D eigenvalue weighted by atomic mass is 35.5. The maximum absolute atomic E-state index is 12.9. The van der Waals surface area contributed by atoms with E-state index in [0.717, 1.165) is 35.5 Å². The van der Waals surface area contributed by atoms with Gasteiger partial charge in [-0.1, -0.05) is 35.9 Å². The molecule has 4 rings (SSSR count). The van der Waals surface area contributed by atoms with Crippen molar-refractivity contribution < 1.29 is 9.59 Å². The third-order valence-corrected chi connectivity index (χ3v) is 5.21. The number of nitrogens with one attached hydrogen (secondary N) is 1. The van der Waals surface area contributed by atoms with E-state index in [1.165, 1.54) is 0 Å². The molecule has 0 aromatic heterocycles. The first-order chi connectivity index (χ1) is 12.6. The number of amides is 1. The lowest BCUT2D eigenvalue weighted by Gasteiger charge is -2.33. The molecular weight excluding hydrogens is 348 g/mol. The van der Waals surface area contributed by atoms with Crippen LogP contribution in [0.1, 0.15) is 37.8 Å². The largest absolute Gasteiger partial charge is 0.357 e. The molecule has 0 fully saturated rings. The van der Waals surface area contributed by atoms with Crippen molar-refractivity contribution in [3.05, 3.63) is 70.4 Å². The van der Waals surface area contributed by atoms with Gasteiger partial charge in [0.05, 0.1) is 17.4 Å². The van der Waals surface area contributed by atoms with E-state index in [9.17, 15) is 9.59 Å².